The summed E-state index contributed by atoms with van der Waals surface area (Å²) in [5, 5.41) is 0. The summed E-state index contributed by atoms with van der Waals surface area (Å²) in [6, 6.07) is 20.7. The molecule has 0 unspecified atom stereocenters. The van der Waals surface area contributed by atoms with Crippen LogP contribution in [0, 0.1) is 13.8 Å². The standard InChI is InChI=1S/C22H18F3N/c1-15-3-7-17(8-4-15)21(18-9-5-16(2)6-10-18)26-20-13-11-19(12-14-20)22(23,24)25/h3-14H,1-2H3. The van der Waals surface area contributed by atoms with Crippen molar-refractivity contribution in [1.82, 2.24) is 0 Å². The van der Waals surface area contributed by atoms with E-state index in [0.29, 0.717) is 5.69 Å². The molecule has 3 aromatic carbocycles. The first-order chi connectivity index (χ1) is 12.3. The predicted molar refractivity (Wildman–Crippen MR) is 99.1 cm³/mol. The molecule has 0 aliphatic rings. The molecular weight excluding hydrogens is 335 g/mol. The van der Waals surface area contributed by atoms with Gasteiger partial charge in [-0.25, -0.2) is 4.99 Å². The minimum Gasteiger partial charge on any atom is -0.248 e. The van der Waals surface area contributed by atoms with Gasteiger partial charge in [0, 0.05) is 11.1 Å². The molecule has 0 heterocycles. The van der Waals surface area contributed by atoms with Gasteiger partial charge in [-0.3, -0.25) is 0 Å². The van der Waals surface area contributed by atoms with Crippen molar-refractivity contribution in [2.24, 2.45) is 4.99 Å². The maximum Gasteiger partial charge on any atom is 0.416 e. The third kappa shape index (κ3) is 4.20. The topological polar surface area (TPSA) is 12.4 Å². The van der Waals surface area contributed by atoms with Crippen molar-refractivity contribution in [2.45, 2.75) is 20.0 Å². The van der Waals surface area contributed by atoms with Crippen LogP contribution in [0.1, 0.15) is 27.8 Å². The van der Waals surface area contributed by atoms with Crippen molar-refractivity contribution in [3.63, 3.8) is 0 Å². The minimum atomic E-state index is -4.35. The molecule has 0 N–H and O–H groups in total. The van der Waals surface area contributed by atoms with Gasteiger partial charge in [0.2, 0.25) is 0 Å². The van der Waals surface area contributed by atoms with Crippen molar-refractivity contribution >= 4 is 11.4 Å². The lowest BCUT2D eigenvalue weighted by atomic mass is 10.00. The Morgan fingerprint density at radius 3 is 1.46 bits per heavy atom. The SMILES string of the molecule is Cc1ccc(C(=Nc2ccc(C(F)(F)F)cc2)c2ccc(C)cc2)cc1. The van der Waals surface area contributed by atoms with E-state index in [2.05, 4.69) is 4.99 Å². The smallest absolute Gasteiger partial charge is 0.248 e. The van der Waals surface area contributed by atoms with Gasteiger partial charge in [0.1, 0.15) is 0 Å². The van der Waals surface area contributed by atoms with E-state index in [9.17, 15) is 13.2 Å². The highest BCUT2D eigenvalue weighted by molar-refractivity contribution is 6.14. The number of hydrogen-bond acceptors (Lipinski definition) is 1. The lowest BCUT2D eigenvalue weighted by molar-refractivity contribution is -0.137. The zero-order valence-corrected chi connectivity index (χ0v) is 14.5. The molecular formula is C22H18F3N. The Hall–Kier alpha value is -2.88. The molecule has 0 aliphatic heterocycles. The molecule has 0 aromatic heterocycles. The first-order valence-corrected chi connectivity index (χ1v) is 8.23. The number of alkyl halides is 3. The second kappa shape index (κ2) is 7.16. The van der Waals surface area contributed by atoms with E-state index in [1.807, 2.05) is 62.4 Å². The van der Waals surface area contributed by atoms with Crippen molar-refractivity contribution < 1.29 is 13.2 Å². The average molecular weight is 353 g/mol. The maximum atomic E-state index is 12.8. The number of halogens is 3. The molecule has 0 spiro atoms. The number of aliphatic imine (C=N–C) groups is 1. The lowest BCUT2D eigenvalue weighted by Gasteiger charge is -2.10. The van der Waals surface area contributed by atoms with E-state index < -0.39 is 11.7 Å². The van der Waals surface area contributed by atoms with Crippen LogP contribution in [0.2, 0.25) is 0 Å². The third-order valence-electron chi connectivity index (χ3n) is 4.09. The number of rotatable bonds is 3. The molecule has 0 saturated carbocycles. The molecule has 3 aromatic rings. The molecule has 0 atom stereocenters. The van der Waals surface area contributed by atoms with Crippen molar-refractivity contribution in [1.29, 1.82) is 0 Å². The summed E-state index contributed by atoms with van der Waals surface area (Å²) in [4.78, 5) is 4.63. The van der Waals surface area contributed by atoms with E-state index >= 15 is 0 Å². The zero-order valence-electron chi connectivity index (χ0n) is 14.5. The summed E-state index contributed by atoms with van der Waals surface area (Å²) in [7, 11) is 0. The molecule has 0 radical (unpaired) electrons. The van der Waals surface area contributed by atoms with Gasteiger partial charge in [-0.2, -0.15) is 13.2 Å². The number of hydrogen-bond donors (Lipinski definition) is 0. The van der Waals surface area contributed by atoms with Crippen LogP contribution in [0.25, 0.3) is 0 Å². The van der Waals surface area contributed by atoms with E-state index in [-0.39, 0.29) is 0 Å². The van der Waals surface area contributed by atoms with Gasteiger partial charge in [-0.1, -0.05) is 59.7 Å². The summed E-state index contributed by atoms with van der Waals surface area (Å²) in [6.45, 7) is 4.00. The normalized spacial score (nSPS) is 11.3. The van der Waals surface area contributed by atoms with Gasteiger partial charge < -0.3 is 0 Å². The monoisotopic (exact) mass is 353 g/mol. The van der Waals surface area contributed by atoms with Gasteiger partial charge in [0.25, 0.3) is 0 Å². The second-order valence-electron chi connectivity index (χ2n) is 6.24. The fraction of sp³-hybridized carbons (Fsp3) is 0.136. The van der Waals surface area contributed by atoms with Crippen LogP contribution in [0.4, 0.5) is 18.9 Å². The number of nitrogens with zero attached hydrogens (tertiary/aromatic N) is 1. The van der Waals surface area contributed by atoms with Crippen molar-refractivity contribution in [3.05, 3.63) is 101 Å². The van der Waals surface area contributed by atoms with Gasteiger partial charge in [-0.05, 0) is 38.1 Å². The number of aryl methyl sites for hydroxylation is 2. The maximum absolute atomic E-state index is 12.8. The van der Waals surface area contributed by atoms with Gasteiger partial charge in [0.05, 0.1) is 17.0 Å². The highest BCUT2D eigenvalue weighted by atomic mass is 19.4. The van der Waals surface area contributed by atoms with Crippen LogP contribution in [0.3, 0.4) is 0 Å². The Bertz CT molecular complexity index is 856. The Morgan fingerprint density at radius 1 is 0.654 bits per heavy atom. The largest absolute Gasteiger partial charge is 0.416 e. The van der Waals surface area contributed by atoms with Gasteiger partial charge in [0.15, 0.2) is 0 Å². The van der Waals surface area contributed by atoms with E-state index in [1.165, 1.54) is 12.1 Å². The lowest BCUT2D eigenvalue weighted by Crippen LogP contribution is -2.04. The first kappa shape index (κ1) is 17.9. The molecule has 0 aliphatic carbocycles. The Morgan fingerprint density at radius 2 is 1.08 bits per heavy atom. The fourth-order valence-corrected chi connectivity index (χ4v) is 2.57. The van der Waals surface area contributed by atoms with E-state index in [4.69, 9.17) is 0 Å². The van der Waals surface area contributed by atoms with E-state index in [0.717, 1.165) is 40.1 Å². The average Bonchev–Trinajstić information content (AvgIpc) is 2.61. The van der Waals surface area contributed by atoms with Gasteiger partial charge >= 0.3 is 6.18 Å². The molecule has 0 saturated heterocycles. The number of benzene rings is 3. The molecule has 0 bridgehead atoms. The molecule has 4 heteroatoms. The van der Waals surface area contributed by atoms with Crippen LogP contribution >= 0.6 is 0 Å². The van der Waals surface area contributed by atoms with Crippen molar-refractivity contribution in [2.75, 3.05) is 0 Å². The second-order valence-corrected chi connectivity index (χ2v) is 6.24. The fourth-order valence-electron chi connectivity index (χ4n) is 2.57. The minimum absolute atomic E-state index is 0.481. The predicted octanol–water partition coefficient (Wildman–Crippen LogP) is 6.49. The summed E-state index contributed by atoms with van der Waals surface area (Å²) in [5.74, 6) is 0. The van der Waals surface area contributed by atoms with E-state index in [1.54, 1.807) is 0 Å². The molecule has 132 valence electrons. The Labute approximate surface area is 150 Å². The Balaban J connectivity index is 2.06. The molecule has 26 heavy (non-hydrogen) atoms. The molecule has 1 nitrogen and oxygen atoms in total. The quantitative estimate of drug-likeness (QED) is 0.477. The molecule has 0 amide bonds. The van der Waals surface area contributed by atoms with Crippen LogP contribution in [-0.2, 0) is 6.18 Å². The van der Waals surface area contributed by atoms with Crippen LogP contribution in [0.15, 0.2) is 77.8 Å². The summed E-state index contributed by atoms with van der Waals surface area (Å²) >= 11 is 0. The highest BCUT2D eigenvalue weighted by Gasteiger charge is 2.29. The zero-order chi connectivity index (χ0) is 18.7. The van der Waals surface area contributed by atoms with Crippen LogP contribution in [0.5, 0.6) is 0 Å². The van der Waals surface area contributed by atoms with Crippen molar-refractivity contribution in [3.8, 4) is 0 Å². The highest BCUT2D eigenvalue weighted by Crippen LogP contribution is 2.30. The van der Waals surface area contributed by atoms with Crippen LogP contribution < -0.4 is 0 Å². The summed E-state index contributed by atoms with van der Waals surface area (Å²) in [6.07, 6.45) is -4.35. The molecule has 0 fully saturated rings. The summed E-state index contributed by atoms with van der Waals surface area (Å²) in [5.41, 5.74) is 4.62. The third-order valence-corrected chi connectivity index (χ3v) is 4.09. The molecule has 3 rings (SSSR count). The first-order valence-electron chi connectivity index (χ1n) is 8.23. The Kier molecular flexibility index (Phi) is 4.94. The van der Waals surface area contributed by atoms with Crippen LogP contribution in [-0.4, -0.2) is 5.71 Å². The summed E-state index contributed by atoms with van der Waals surface area (Å²) < 4.78 is 38.3. The van der Waals surface area contributed by atoms with Gasteiger partial charge in [-0.15, -0.1) is 0 Å².